The van der Waals surface area contributed by atoms with Crippen LogP contribution in [0.3, 0.4) is 0 Å². The lowest BCUT2D eigenvalue weighted by Crippen LogP contribution is -2.45. The molecule has 0 aromatic heterocycles. The van der Waals surface area contributed by atoms with E-state index in [1.165, 1.54) is 11.1 Å². The Hall–Kier alpha value is -2.02. The predicted octanol–water partition coefficient (Wildman–Crippen LogP) is 3.63. The van der Waals surface area contributed by atoms with Crippen LogP contribution in [0.2, 0.25) is 0 Å². The molecule has 0 aliphatic carbocycles. The van der Waals surface area contributed by atoms with Crippen molar-refractivity contribution in [2.24, 2.45) is 0 Å². The van der Waals surface area contributed by atoms with Crippen LogP contribution < -0.4 is 10.1 Å². The molecule has 2 aromatic rings. The van der Waals surface area contributed by atoms with Gasteiger partial charge in [-0.1, -0.05) is 31.2 Å². The minimum atomic E-state index is 0.0558. The molecule has 1 saturated heterocycles. The topological polar surface area (TPSA) is 44.8 Å². The lowest BCUT2D eigenvalue weighted by molar-refractivity contribution is -0.118. The van der Waals surface area contributed by atoms with Crippen molar-refractivity contribution < 1.29 is 9.53 Å². The Morgan fingerprint density at radius 3 is 2.30 bits per heavy atom. The molecule has 1 amide bonds. The Bertz CT molecular complexity index is 789. The monoisotopic (exact) mass is 427 g/mol. The molecule has 0 spiro atoms. The summed E-state index contributed by atoms with van der Waals surface area (Å²) in [6, 6.07) is 16.3. The van der Waals surface area contributed by atoms with E-state index < -0.39 is 0 Å². The number of benzene rings is 2. The standard InChI is InChI=1S/C24H33N3O2S/c1-3-26-13-15-27(16-14-26)18-21-8-6-5-7-20(21)17-25-24(28)19-30-23-11-9-22(10-12-23)29-4-2/h5-12H,3-4,13-19H2,1-2H3,(H,25,28). The third-order valence-corrected chi connectivity index (χ3v) is 6.42. The lowest BCUT2D eigenvalue weighted by Gasteiger charge is -2.34. The van der Waals surface area contributed by atoms with E-state index in [9.17, 15) is 4.79 Å². The van der Waals surface area contributed by atoms with Gasteiger partial charge < -0.3 is 15.0 Å². The van der Waals surface area contributed by atoms with Gasteiger partial charge in [-0.05, 0) is 48.9 Å². The van der Waals surface area contributed by atoms with E-state index >= 15 is 0 Å². The number of piperazine rings is 1. The molecule has 1 aliphatic heterocycles. The van der Waals surface area contributed by atoms with Crippen LogP contribution >= 0.6 is 11.8 Å². The highest BCUT2D eigenvalue weighted by atomic mass is 32.2. The van der Waals surface area contributed by atoms with E-state index in [4.69, 9.17) is 4.74 Å². The Morgan fingerprint density at radius 2 is 1.63 bits per heavy atom. The van der Waals surface area contributed by atoms with Crippen molar-refractivity contribution in [1.82, 2.24) is 15.1 Å². The second-order valence-electron chi connectivity index (χ2n) is 7.45. The maximum atomic E-state index is 12.4. The number of ether oxygens (including phenoxy) is 1. The van der Waals surface area contributed by atoms with Gasteiger partial charge in [0.1, 0.15) is 5.75 Å². The van der Waals surface area contributed by atoms with E-state index in [0.29, 0.717) is 18.9 Å². The summed E-state index contributed by atoms with van der Waals surface area (Å²) in [5.74, 6) is 1.33. The molecule has 30 heavy (non-hydrogen) atoms. The predicted molar refractivity (Wildman–Crippen MR) is 124 cm³/mol. The SMILES string of the molecule is CCOc1ccc(SCC(=O)NCc2ccccc2CN2CCN(CC)CC2)cc1. The molecule has 1 heterocycles. The third-order valence-electron chi connectivity index (χ3n) is 5.41. The summed E-state index contributed by atoms with van der Waals surface area (Å²) in [5, 5.41) is 3.08. The highest BCUT2D eigenvalue weighted by Crippen LogP contribution is 2.21. The van der Waals surface area contributed by atoms with Crippen molar-refractivity contribution in [3.8, 4) is 5.75 Å². The molecule has 0 unspecified atom stereocenters. The average molecular weight is 428 g/mol. The second-order valence-corrected chi connectivity index (χ2v) is 8.50. The smallest absolute Gasteiger partial charge is 0.230 e. The number of amides is 1. The van der Waals surface area contributed by atoms with Gasteiger partial charge in [0.25, 0.3) is 0 Å². The molecule has 6 heteroatoms. The summed E-state index contributed by atoms with van der Waals surface area (Å²) in [6.07, 6.45) is 0. The highest BCUT2D eigenvalue weighted by Gasteiger charge is 2.16. The number of carbonyl (C=O) groups excluding carboxylic acids is 1. The van der Waals surface area contributed by atoms with E-state index in [2.05, 4.69) is 46.3 Å². The summed E-state index contributed by atoms with van der Waals surface area (Å²) in [4.78, 5) is 18.4. The molecule has 1 N–H and O–H groups in total. The molecule has 3 rings (SSSR count). The van der Waals surface area contributed by atoms with Gasteiger partial charge in [0.05, 0.1) is 12.4 Å². The van der Waals surface area contributed by atoms with Crippen molar-refractivity contribution >= 4 is 17.7 Å². The van der Waals surface area contributed by atoms with E-state index in [1.54, 1.807) is 11.8 Å². The Labute approximate surface area is 184 Å². The minimum Gasteiger partial charge on any atom is -0.494 e. The fraction of sp³-hybridized carbons (Fsp3) is 0.458. The Kier molecular flexibility index (Phi) is 9.05. The van der Waals surface area contributed by atoms with Crippen LogP contribution in [0.25, 0.3) is 0 Å². The van der Waals surface area contributed by atoms with Crippen LogP contribution in [0.1, 0.15) is 25.0 Å². The normalized spacial score (nSPS) is 15.1. The van der Waals surface area contributed by atoms with E-state index in [0.717, 1.165) is 49.9 Å². The summed E-state index contributed by atoms with van der Waals surface area (Å²) < 4.78 is 5.46. The van der Waals surface area contributed by atoms with Crippen LogP contribution in [-0.2, 0) is 17.9 Å². The summed E-state index contributed by atoms with van der Waals surface area (Å²) in [7, 11) is 0. The minimum absolute atomic E-state index is 0.0558. The van der Waals surface area contributed by atoms with Crippen molar-refractivity contribution in [1.29, 1.82) is 0 Å². The molecule has 2 aromatic carbocycles. The van der Waals surface area contributed by atoms with Crippen LogP contribution in [0.15, 0.2) is 53.4 Å². The van der Waals surface area contributed by atoms with Gasteiger partial charge in [-0.25, -0.2) is 0 Å². The maximum Gasteiger partial charge on any atom is 0.230 e. The number of hydrogen-bond donors (Lipinski definition) is 1. The molecule has 5 nitrogen and oxygen atoms in total. The molecular weight excluding hydrogens is 394 g/mol. The van der Waals surface area contributed by atoms with Crippen molar-refractivity contribution in [3.63, 3.8) is 0 Å². The molecule has 1 aliphatic rings. The first-order valence-corrected chi connectivity index (χ1v) is 11.8. The second kappa shape index (κ2) is 12.0. The summed E-state index contributed by atoms with van der Waals surface area (Å²) in [5.41, 5.74) is 2.51. The molecule has 0 radical (unpaired) electrons. The van der Waals surface area contributed by atoms with Crippen LogP contribution in [-0.4, -0.2) is 60.8 Å². The third kappa shape index (κ3) is 7.04. The number of hydrogen-bond acceptors (Lipinski definition) is 5. The van der Waals surface area contributed by atoms with Gasteiger partial charge in [0.2, 0.25) is 5.91 Å². The van der Waals surface area contributed by atoms with Crippen molar-refractivity contribution in [3.05, 3.63) is 59.7 Å². The first-order chi connectivity index (χ1) is 14.7. The van der Waals surface area contributed by atoms with Gasteiger partial charge in [-0.15, -0.1) is 11.8 Å². The fourth-order valence-corrected chi connectivity index (χ4v) is 4.31. The zero-order chi connectivity index (χ0) is 21.2. The summed E-state index contributed by atoms with van der Waals surface area (Å²) >= 11 is 1.54. The van der Waals surface area contributed by atoms with Gasteiger partial charge >= 0.3 is 0 Å². The quantitative estimate of drug-likeness (QED) is 0.587. The van der Waals surface area contributed by atoms with Crippen LogP contribution in [0.5, 0.6) is 5.75 Å². The molecule has 0 saturated carbocycles. The first kappa shape index (κ1) is 22.7. The molecule has 0 atom stereocenters. The zero-order valence-electron chi connectivity index (χ0n) is 18.1. The zero-order valence-corrected chi connectivity index (χ0v) is 18.9. The van der Waals surface area contributed by atoms with E-state index in [-0.39, 0.29) is 5.91 Å². The lowest BCUT2D eigenvalue weighted by atomic mass is 10.1. The number of likely N-dealkylation sites (N-methyl/N-ethyl adjacent to an activating group) is 1. The van der Waals surface area contributed by atoms with Crippen LogP contribution in [0.4, 0.5) is 0 Å². The average Bonchev–Trinajstić information content (AvgIpc) is 2.79. The fourth-order valence-electron chi connectivity index (χ4n) is 3.58. The maximum absolute atomic E-state index is 12.4. The van der Waals surface area contributed by atoms with Gasteiger partial charge in [-0.2, -0.15) is 0 Å². The highest BCUT2D eigenvalue weighted by molar-refractivity contribution is 8.00. The number of nitrogens with zero attached hydrogens (tertiary/aromatic N) is 2. The van der Waals surface area contributed by atoms with E-state index in [1.807, 2.05) is 31.2 Å². The molecule has 162 valence electrons. The number of nitrogens with one attached hydrogen (secondary N) is 1. The molecular formula is C24H33N3O2S. The number of rotatable bonds is 10. The first-order valence-electron chi connectivity index (χ1n) is 10.8. The van der Waals surface area contributed by atoms with Crippen LogP contribution in [0, 0.1) is 0 Å². The van der Waals surface area contributed by atoms with Crippen molar-refractivity contribution in [2.75, 3.05) is 45.1 Å². The van der Waals surface area contributed by atoms with Gasteiger partial charge in [0.15, 0.2) is 0 Å². The number of thioether (sulfide) groups is 1. The Morgan fingerprint density at radius 1 is 0.967 bits per heavy atom. The van der Waals surface area contributed by atoms with Gasteiger partial charge in [-0.3, -0.25) is 9.69 Å². The Balaban J connectivity index is 1.45. The number of carbonyl (C=O) groups is 1. The largest absolute Gasteiger partial charge is 0.494 e. The van der Waals surface area contributed by atoms with Crippen molar-refractivity contribution in [2.45, 2.75) is 31.8 Å². The summed E-state index contributed by atoms with van der Waals surface area (Å²) in [6.45, 7) is 12.0. The molecule has 0 bridgehead atoms. The molecule has 1 fully saturated rings. The van der Waals surface area contributed by atoms with Gasteiger partial charge in [0, 0.05) is 44.2 Å².